The lowest BCUT2D eigenvalue weighted by Crippen LogP contribution is -2.35. The molecular formula is C15H24ClN3O2. The highest BCUT2D eigenvalue weighted by atomic mass is 35.5. The second-order valence-electron chi connectivity index (χ2n) is 5.91. The Morgan fingerprint density at radius 3 is 2.52 bits per heavy atom. The molecule has 0 aliphatic rings. The number of halogens is 1. The van der Waals surface area contributed by atoms with Crippen molar-refractivity contribution in [1.29, 1.82) is 0 Å². The molecule has 0 unspecified atom stereocenters. The van der Waals surface area contributed by atoms with Crippen LogP contribution >= 0.6 is 11.6 Å². The second-order valence-corrected chi connectivity index (χ2v) is 6.35. The number of ether oxygens (including phenoxy) is 1. The number of benzene rings is 1. The zero-order valence-corrected chi connectivity index (χ0v) is 14.0. The minimum atomic E-state index is -0.484. The summed E-state index contributed by atoms with van der Waals surface area (Å²) in [5.74, 6) is 0. The van der Waals surface area contributed by atoms with Crippen LogP contribution in [0.4, 0.5) is 16.2 Å². The van der Waals surface area contributed by atoms with Crippen LogP contribution in [0.15, 0.2) is 18.2 Å². The maximum Gasteiger partial charge on any atom is 0.407 e. The Hall–Kier alpha value is -1.62. The molecule has 2 N–H and O–H groups in total. The number of hydrogen-bond donors (Lipinski definition) is 2. The van der Waals surface area contributed by atoms with Crippen molar-refractivity contribution in [2.45, 2.75) is 26.4 Å². The maximum atomic E-state index is 11.5. The monoisotopic (exact) mass is 313 g/mol. The number of hydrogen-bond acceptors (Lipinski definition) is 4. The van der Waals surface area contributed by atoms with Crippen molar-refractivity contribution in [3.63, 3.8) is 0 Å². The summed E-state index contributed by atoms with van der Waals surface area (Å²) in [5, 5.41) is 6.63. The fourth-order valence-electron chi connectivity index (χ4n) is 1.72. The normalized spacial score (nSPS) is 11.0. The number of anilines is 2. The minimum Gasteiger partial charge on any atom is -0.444 e. The molecule has 0 bridgehead atoms. The van der Waals surface area contributed by atoms with Crippen molar-refractivity contribution in [2.75, 3.05) is 37.4 Å². The molecule has 1 rings (SSSR count). The van der Waals surface area contributed by atoms with Gasteiger partial charge in [0.15, 0.2) is 0 Å². The molecule has 118 valence electrons. The molecule has 0 atom stereocenters. The maximum absolute atomic E-state index is 11.5. The minimum absolute atomic E-state index is 0.414. The van der Waals surface area contributed by atoms with Gasteiger partial charge in [-0.25, -0.2) is 4.79 Å². The molecule has 1 aromatic carbocycles. The van der Waals surface area contributed by atoms with Crippen LogP contribution in [0.25, 0.3) is 0 Å². The molecular weight excluding hydrogens is 290 g/mol. The van der Waals surface area contributed by atoms with Crippen LogP contribution in [-0.2, 0) is 4.74 Å². The molecule has 0 heterocycles. The van der Waals surface area contributed by atoms with Gasteiger partial charge in [0.25, 0.3) is 0 Å². The van der Waals surface area contributed by atoms with E-state index in [1.54, 1.807) is 0 Å². The summed E-state index contributed by atoms with van der Waals surface area (Å²) in [4.78, 5) is 13.5. The first-order chi connectivity index (χ1) is 9.69. The van der Waals surface area contributed by atoms with E-state index in [4.69, 9.17) is 16.3 Å². The number of carbonyl (C=O) groups is 1. The number of alkyl carbamates (subject to hydrolysis) is 1. The highest BCUT2D eigenvalue weighted by molar-refractivity contribution is 6.31. The van der Waals surface area contributed by atoms with Gasteiger partial charge in [-0.3, -0.25) is 0 Å². The molecule has 21 heavy (non-hydrogen) atoms. The van der Waals surface area contributed by atoms with E-state index < -0.39 is 11.7 Å². The Kier molecular flexibility index (Phi) is 6.15. The van der Waals surface area contributed by atoms with Crippen LogP contribution in [0.5, 0.6) is 0 Å². The SMILES string of the molecule is CN(C)c1ccc(Cl)cc1NCCNC(=O)OC(C)(C)C. The Bertz CT molecular complexity index is 484. The quantitative estimate of drug-likeness (QED) is 0.819. The summed E-state index contributed by atoms with van der Waals surface area (Å²) in [5.41, 5.74) is 1.48. The van der Waals surface area contributed by atoms with Gasteiger partial charge in [-0.05, 0) is 39.0 Å². The van der Waals surface area contributed by atoms with Crippen molar-refractivity contribution in [2.24, 2.45) is 0 Å². The molecule has 0 spiro atoms. The molecule has 0 aromatic heterocycles. The van der Waals surface area contributed by atoms with E-state index >= 15 is 0 Å². The van der Waals surface area contributed by atoms with Crippen molar-refractivity contribution in [3.8, 4) is 0 Å². The fourth-order valence-corrected chi connectivity index (χ4v) is 1.89. The van der Waals surface area contributed by atoms with Crippen LogP contribution in [0.3, 0.4) is 0 Å². The molecule has 0 fully saturated rings. The largest absolute Gasteiger partial charge is 0.444 e. The van der Waals surface area contributed by atoms with Crippen molar-refractivity contribution >= 4 is 29.1 Å². The standard InChI is InChI=1S/C15H24ClN3O2/c1-15(2,3)21-14(20)18-9-8-17-12-10-11(16)6-7-13(12)19(4)5/h6-7,10,17H,8-9H2,1-5H3,(H,18,20). The summed E-state index contributed by atoms with van der Waals surface area (Å²) in [6.07, 6.45) is -0.414. The smallest absolute Gasteiger partial charge is 0.407 e. The lowest BCUT2D eigenvalue weighted by Gasteiger charge is -2.21. The molecule has 0 radical (unpaired) electrons. The molecule has 0 aliphatic carbocycles. The zero-order valence-electron chi connectivity index (χ0n) is 13.3. The van der Waals surface area contributed by atoms with E-state index in [1.807, 2.05) is 58.0 Å². The number of rotatable bonds is 5. The first kappa shape index (κ1) is 17.4. The summed E-state index contributed by atoms with van der Waals surface area (Å²) in [6.45, 7) is 6.55. The molecule has 0 aliphatic heterocycles. The summed E-state index contributed by atoms with van der Waals surface area (Å²) >= 11 is 6.01. The lowest BCUT2D eigenvalue weighted by molar-refractivity contribution is 0.0530. The lowest BCUT2D eigenvalue weighted by atomic mass is 10.2. The Morgan fingerprint density at radius 2 is 1.95 bits per heavy atom. The zero-order chi connectivity index (χ0) is 16.0. The third-order valence-corrected chi connectivity index (χ3v) is 2.78. The third-order valence-electron chi connectivity index (χ3n) is 2.55. The van der Waals surface area contributed by atoms with E-state index in [0.717, 1.165) is 11.4 Å². The van der Waals surface area contributed by atoms with Crippen molar-refractivity contribution in [3.05, 3.63) is 23.2 Å². The van der Waals surface area contributed by atoms with Crippen molar-refractivity contribution in [1.82, 2.24) is 5.32 Å². The van der Waals surface area contributed by atoms with E-state index in [0.29, 0.717) is 18.1 Å². The molecule has 0 saturated heterocycles. The van der Waals surface area contributed by atoms with Crippen LogP contribution in [-0.4, -0.2) is 38.9 Å². The predicted molar refractivity (Wildman–Crippen MR) is 88.5 cm³/mol. The number of amides is 1. The summed E-state index contributed by atoms with van der Waals surface area (Å²) in [7, 11) is 3.93. The van der Waals surface area contributed by atoms with E-state index in [1.165, 1.54) is 0 Å². The van der Waals surface area contributed by atoms with Gasteiger partial charge in [0.05, 0.1) is 11.4 Å². The number of nitrogens with zero attached hydrogens (tertiary/aromatic N) is 1. The Labute approximate surface area is 131 Å². The van der Waals surface area contributed by atoms with E-state index in [-0.39, 0.29) is 0 Å². The van der Waals surface area contributed by atoms with Crippen LogP contribution in [0.1, 0.15) is 20.8 Å². The van der Waals surface area contributed by atoms with E-state index in [9.17, 15) is 4.79 Å². The first-order valence-electron chi connectivity index (χ1n) is 6.86. The van der Waals surface area contributed by atoms with Gasteiger partial charge in [-0.2, -0.15) is 0 Å². The average molecular weight is 314 g/mol. The number of nitrogens with one attached hydrogen (secondary N) is 2. The Morgan fingerprint density at radius 1 is 1.29 bits per heavy atom. The van der Waals surface area contributed by atoms with Gasteiger partial charge in [0, 0.05) is 32.2 Å². The van der Waals surface area contributed by atoms with Gasteiger partial charge >= 0.3 is 6.09 Å². The second kappa shape index (κ2) is 7.41. The predicted octanol–water partition coefficient (Wildman–Crippen LogP) is 3.34. The number of carbonyl (C=O) groups excluding carboxylic acids is 1. The van der Waals surface area contributed by atoms with Gasteiger partial charge < -0.3 is 20.3 Å². The fraction of sp³-hybridized carbons (Fsp3) is 0.533. The van der Waals surface area contributed by atoms with Crippen LogP contribution in [0, 0.1) is 0 Å². The third kappa shape index (κ3) is 6.58. The summed E-state index contributed by atoms with van der Waals surface area (Å²) < 4.78 is 5.16. The topological polar surface area (TPSA) is 53.6 Å². The van der Waals surface area contributed by atoms with E-state index in [2.05, 4.69) is 10.6 Å². The van der Waals surface area contributed by atoms with Crippen LogP contribution < -0.4 is 15.5 Å². The Balaban J connectivity index is 2.46. The van der Waals surface area contributed by atoms with Crippen molar-refractivity contribution < 1.29 is 9.53 Å². The highest BCUT2D eigenvalue weighted by Crippen LogP contribution is 2.27. The van der Waals surface area contributed by atoms with Gasteiger partial charge in [-0.1, -0.05) is 11.6 Å². The van der Waals surface area contributed by atoms with Crippen LogP contribution in [0.2, 0.25) is 5.02 Å². The molecule has 1 aromatic rings. The van der Waals surface area contributed by atoms with Gasteiger partial charge in [0.2, 0.25) is 0 Å². The molecule has 5 nitrogen and oxygen atoms in total. The van der Waals surface area contributed by atoms with Gasteiger partial charge in [-0.15, -0.1) is 0 Å². The van der Waals surface area contributed by atoms with Gasteiger partial charge in [0.1, 0.15) is 5.60 Å². The molecule has 6 heteroatoms. The first-order valence-corrected chi connectivity index (χ1v) is 7.24. The highest BCUT2D eigenvalue weighted by Gasteiger charge is 2.15. The summed E-state index contributed by atoms with van der Waals surface area (Å²) in [6, 6.07) is 5.66. The molecule has 1 amide bonds. The molecule has 0 saturated carbocycles. The average Bonchev–Trinajstić information content (AvgIpc) is 2.32.